The van der Waals surface area contributed by atoms with Gasteiger partial charge in [-0.2, -0.15) is 0 Å². The van der Waals surface area contributed by atoms with Crippen molar-refractivity contribution in [1.82, 2.24) is 5.32 Å². The molecule has 2 fully saturated rings. The van der Waals surface area contributed by atoms with Crippen LogP contribution in [0.3, 0.4) is 0 Å². The molecule has 0 radical (unpaired) electrons. The summed E-state index contributed by atoms with van der Waals surface area (Å²) in [5.41, 5.74) is 0.337. The summed E-state index contributed by atoms with van der Waals surface area (Å²) in [6.07, 6.45) is 7.99. The van der Waals surface area contributed by atoms with Gasteiger partial charge in [-0.1, -0.05) is 20.3 Å². The second-order valence-corrected chi connectivity index (χ2v) is 6.24. The van der Waals surface area contributed by atoms with Crippen LogP contribution in [0.15, 0.2) is 0 Å². The van der Waals surface area contributed by atoms with Gasteiger partial charge in [-0.05, 0) is 44.6 Å². The molecule has 1 saturated heterocycles. The van der Waals surface area contributed by atoms with Crippen molar-refractivity contribution in [2.75, 3.05) is 32.9 Å². The lowest BCUT2D eigenvalue weighted by Crippen LogP contribution is -2.42. The molecular formula is C16H31NO2. The van der Waals surface area contributed by atoms with Crippen LogP contribution in [0.2, 0.25) is 0 Å². The zero-order valence-electron chi connectivity index (χ0n) is 12.7. The number of nitrogens with one attached hydrogen (secondary N) is 1. The zero-order valence-corrected chi connectivity index (χ0v) is 12.7. The number of hydrogen-bond acceptors (Lipinski definition) is 3. The molecular weight excluding hydrogens is 238 g/mol. The molecule has 1 saturated carbocycles. The van der Waals surface area contributed by atoms with E-state index in [1.165, 1.54) is 32.1 Å². The summed E-state index contributed by atoms with van der Waals surface area (Å²) in [5, 5.41) is 3.56. The van der Waals surface area contributed by atoms with E-state index in [2.05, 4.69) is 19.2 Å². The van der Waals surface area contributed by atoms with Crippen LogP contribution in [-0.2, 0) is 9.47 Å². The number of unbranched alkanes of at least 4 members (excludes halogenated alkanes) is 1. The predicted octanol–water partition coefficient (Wildman–Crippen LogP) is 2.99. The third kappa shape index (κ3) is 4.17. The van der Waals surface area contributed by atoms with Crippen LogP contribution in [0.1, 0.15) is 52.4 Å². The third-order valence-corrected chi connectivity index (χ3v) is 4.66. The fourth-order valence-electron chi connectivity index (χ4n) is 3.29. The Labute approximate surface area is 118 Å². The van der Waals surface area contributed by atoms with Crippen molar-refractivity contribution in [2.24, 2.45) is 11.3 Å². The molecule has 1 aliphatic heterocycles. The minimum Gasteiger partial charge on any atom is -0.381 e. The molecule has 0 bridgehead atoms. The fraction of sp³-hybridized carbons (Fsp3) is 1.00. The smallest absolute Gasteiger partial charge is 0.0673 e. The SMILES string of the molecule is CCCCOCCC1(CNCC)CCOC1C1CC1. The van der Waals surface area contributed by atoms with Gasteiger partial charge in [0.25, 0.3) is 0 Å². The summed E-state index contributed by atoms with van der Waals surface area (Å²) in [4.78, 5) is 0. The Morgan fingerprint density at radius 2 is 2.11 bits per heavy atom. The van der Waals surface area contributed by atoms with Crippen molar-refractivity contribution < 1.29 is 9.47 Å². The molecule has 112 valence electrons. The van der Waals surface area contributed by atoms with Crippen LogP contribution in [-0.4, -0.2) is 39.0 Å². The Hall–Kier alpha value is -0.120. The van der Waals surface area contributed by atoms with Crippen molar-refractivity contribution >= 4 is 0 Å². The van der Waals surface area contributed by atoms with E-state index in [9.17, 15) is 0 Å². The van der Waals surface area contributed by atoms with Crippen molar-refractivity contribution in [3.05, 3.63) is 0 Å². The zero-order chi connectivity index (χ0) is 13.6. The van der Waals surface area contributed by atoms with Crippen molar-refractivity contribution in [3.8, 4) is 0 Å². The first kappa shape index (κ1) is 15.3. The molecule has 2 rings (SSSR count). The molecule has 1 heterocycles. The van der Waals surface area contributed by atoms with E-state index in [1.54, 1.807) is 0 Å². The number of hydrogen-bond donors (Lipinski definition) is 1. The topological polar surface area (TPSA) is 30.5 Å². The summed E-state index contributed by atoms with van der Waals surface area (Å²) in [5.74, 6) is 0.830. The largest absolute Gasteiger partial charge is 0.381 e. The molecule has 3 heteroatoms. The van der Waals surface area contributed by atoms with Crippen LogP contribution in [0.25, 0.3) is 0 Å². The maximum atomic E-state index is 6.07. The van der Waals surface area contributed by atoms with Gasteiger partial charge in [0.15, 0.2) is 0 Å². The lowest BCUT2D eigenvalue weighted by Gasteiger charge is -2.34. The maximum Gasteiger partial charge on any atom is 0.0673 e. The molecule has 2 atom stereocenters. The predicted molar refractivity (Wildman–Crippen MR) is 78.4 cm³/mol. The van der Waals surface area contributed by atoms with Gasteiger partial charge >= 0.3 is 0 Å². The molecule has 0 aromatic rings. The van der Waals surface area contributed by atoms with Crippen molar-refractivity contribution in [2.45, 2.75) is 58.5 Å². The lowest BCUT2D eigenvalue weighted by molar-refractivity contribution is 0.00855. The second-order valence-electron chi connectivity index (χ2n) is 6.24. The van der Waals surface area contributed by atoms with E-state index in [0.29, 0.717) is 11.5 Å². The number of ether oxygens (including phenoxy) is 2. The van der Waals surface area contributed by atoms with Crippen molar-refractivity contribution in [1.29, 1.82) is 0 Å². The Morgan fingerprint density at radius 1 is 1.26 bits per heavy atom. The molecule has 3 nitrogen and oxygen atoms in total. The van der Waals surface area contributed by atoms with E-state index in [1.807, 2.05) is 0 Å². The molecule has 2 unspecified atom stereocenters. The first-order chi connectivity index (χ1) is 9.32. The van der Waals surface area contributed by atoms with Gasteiger partial charge in [0.2, 0.25) is 0 Å². The van der Waals surface area contributed by atoms with E-state index < -0.39 is 0 Å². The highest BCUT2D eigenvalue weighted by atomic mass is 16.5. The van der Waals surface area contributed by atoms with Crippen LogP contribution in [0.5, 0.6) is 0 Å². The van der Waals surface area contributed by atoms with Gasteiger partial charge in [0.1, 0.15) is 0 Å². The van der Waals surface area contributed by atoms with Gasteiger partial charge in [0, 0.05) is 31.8 Å². The standard InChI is InChI=1S/C16H31NO2/c1-3-5-10-18-11-8-16(13-17-4-2)9-12-19-15(16)14-6-7-14/h14-15,17H,3-13H2,1-2H3. The molecule has 0 amide bonds. The summed E-state index contributed by atoms with van der Waals surface area (Å²) < 4.78 is 11.9. The average Bonchev–Trinajstić information content (AvgIpc) is 3.18. The summed E-state index contributed by atoms with van der Waals surface area (Å²) >= 11 is 0. The van der Waals surface area contributed by atoms with Crippen molar-refractivity contribution in [3.63, 3.8) is 0 Å². The molecule has 1 N–H and O–H groups in total. The molecule has 1 aliphatic carbocycles. The summed E-state index contributed by atoms with van der Waals surface area (Å²) in [7, 11) is 0. The van der Waals surface area contributed by atoms with Crippen LogP contribution in [0, 0.1) is 11.3 Å². The number of rotatable bonds is 10. The quantitative estimate of drug-likeness (QED) is 0.618. The highest BCUT2D eigenvalue weighted by Gasteiger charge is 2.50. The van der Waals surface area contributed by atoms with Crippen LogP contribution in [0.4, 0.5) is 0 Å². The Morgan fingerprint density at radius 3 is 2.79 bits per heavy atom. The Bertz CT molecular complexity index is 255. The Kier molecular flexibility index (Phi) is 6.11. The van der Waals surface area contributed by atoms with E-state index in [-0.39, 0.29) is 0 Å². The molecule has 0 spiro atoms. The van der Waals surface area contributed by atoms with Gasteiger partial charge in [0.05, 0.1) is 6.10 Å². The minimum absolute atomic E-state index is 0.337. The van der Waals surface area contributed by atoms with E-state index >= 15 is 0 Å². The summed E-state index contributed by atoms with van der Waals surface area (Å²) in [6.45, 7) is 9.32. The first-order valence-electron chi connectivity index (χ1n) is 8.22. The average molecular weight is 269 g/mol. The van der Waals surface area contributed by atoms with Gasteiger partial charge < -0.3 is 14.8 Å². The molecule has 2 aliphatic rings. The van der Waals surface area contributed by atoms with E-state index in [0.717, 1.165) is 45.2 Å². The van der Waals surface area contributed by atoms with Gasteiger partial charge in [-0.15, -0.1) is 0 Å². The molecule has 19 heavy (non-hydrogen) atoms. The monoisotopic (exact) mass is 269 g/mol. The van der Waals surface area contributed by atoms with E-state index in [4.69, 9.17) is 9.47 Å². The minimum atomic E-state index is 0.337. The lowest BCUT2D eigenvalue weighted by atomic mass is 9.76. The van der Waals surface area contributed by atoms with Gasteiger partial charge in [-0.3, -0.25) is 0 Å². The normalized spacial score (nSPS) is 30.9. The molecule has 0 aromatic carbocycles. The highest BCUT2D eigenvalue weighted by molar-refractivity contribution is 5.00. The van der Waals surface area contributed by atoms with Gasteiger partial charge in [-0.25, -0.2) is 0 Å². The Balaban J connectivity index is 1.83. The van der Waals surface area contributed by atoms with Crippen LogP contribution >= 0.6 is 0 Å². The maximum absolute atomic E-state index is 6.07. The third-order valence-electron chi connectivity index (χ3n) is 4.66. The second kappa shape index (κ2) is 7.61. The van der Waals surface area contributed by atoms with Crippen LogP contribution < -0.4 is 5.32 Å². The fourth-order valence-corrected chi connectivity index (χ4v) is 3.29. The highest BCUT2D eigenvalue weighted by Crippen LogP contribution is 2.49. The summed E-state index contributed by atoms with van der Waals surface area (Å²) in [6, 6.07) is 0. The first-order valence-corrected chi connectivity index (χ1v) is 8.22. The molecule has 0 aromatic heterocycles.